The summed E-state index contributed by atoms with van der Waals surface area (Å²) in [7, 11) is 0. The Bertz CT molecular complexity index is 693. The molecule has 2 aliphatic heterocycles. The molecule has 0 bridgehead atoms. The number of rotatable bonds is 5. The number of benzene rings is 1. The van der Waals surface area contributed by atoms with Crippen molar-refractivity contribution in [2.75, 3.05) is 31.1 Å². The molecule has 2 aliphatic rings. The van der Waals surface area contributed by atoms with E-state index in [0.29, 0.717) is 26.1 Å². The predicted octanol–water partition coefficient (Wildman–Crippen LogP) is 1.39. The Kier molecular flexibility index (Phi) is 5.74. The minimum Gasteiger partial charge on any atom is -0.367 e. The van der Waals surface area contributed by atoms with Crippen LogP contribution in [0.5, 0.6) is 0 Å². The zero-order valence-corrected chi connectivity index (χ0v) is 15.2. The maximum absolute atomic E-state index is 12.7. The topological polar surface area (TPSA) is 84.7 Å². The Hall–Kier alpha value is -2.18. The number of ether oxygens (including phenoxy) is 1. The zero-order chi connectivity index (χ0) is 18.6. The van der Waals surface area contributed by atoms with E-state index in [1.807, 2.05) is 31.2 Å². The van der Waals surface area contributed by atoms with Gasteiger partial charge >= 0.3 is 0 Å². The van der Waals surface area contributed by atoms with Crippen LogP contribution in [0.4, 0.5) is 5.69 Å². The molecule has 0 spiro atoms. The number of carbonyl (C=O) groups is 2. The second kappa shape index (κ2) is 8.01. The third-order valence-corrected chi connectivity index (χ3v) is 5.33. The monoisotopic (exact) mass is 357 g/mol. The number of nitrogens with zero attached hydrogens (tertiary/aromatic N) is 1. The Labute approximate surface area is 154 Å². The van der Waals surface area contributed by atoms with Crippen molar-refractivity contribution in [2.45, 2.75) is 31.8 Å². The van der Waals surface area contributed by atoms with Crippen LogP contribution in [-0.4, -0.2) is 43.7 Å². The lowest BCUT2D eigenvalue weighted by atomic mass is 9.83. The van der Waals surface area contributed by atoms with E-state index in [9.17, 15) is 9.59 Å². The fourth-order valence-corrected chi connectivity index (χ4v) is 3.83. The molecule has 0 saturated carbocycles. The second-order valence-electron chi connectivity index (χ2n) is 6.87. The van der Waals surface area contributed by atoms with Gasteiger partial charge in [0.15, 0.2) is 5.60 Å². The van der Waals surface area contributed by atoms with E-state index < -0.39 is 11.5 Å². The van der Waals surface area contributed by atoms with Gasteiger partial charge in [0.05, 0.1) is 0 Å². The van der Waals surface area contributed by atoms with Gasteiger partial charge in [0, 0.05) is 31.3 Å². The van der Waals surface area contributed by atoms with Crippen LogP contribution in [0.3, 0.4) is 0 Å². The van der Waals surface area contributed by atoms with Gasteiger partial charge in [-0.1, -0.05) is 31.2 Å². The number of nitrogens with two attached hydrogens (primary N) is 1. The van der Waals surface area contributed by atoms with Gasteiger partial charge in [-0.2, -0.15) is 0 Å². The van der Waals surface area contributed by atoms with Crippen LogP contribution < -0.4 is 16.0 Å². The lowest BCUT2D eigenvalue weighted by Crippen LogP contribution is -2.56. The van der Waals surface area contributed by atoms with E-state index in [1.54, 1.807) is 17.1 Å². The average molecular weight is 357 g/mol. The summed E-state index contributed by atoms with van der Waals surface area (Å²) in [6.07, 6.45) is 5.71. The number of amides is 2. The predicted molar refractivity (Wildman–Crippen MR) is 101 cm³/mol. The first-order chi connectivity index (χ1) is 12.6. The van der Waals surface area contributed by atoms with Crippen molar-refractivity contribution in [3.8, 4) is 0 Å². The molecule has 1 aromatic carbocycles. The van der Waals surface area contributed by atoms with E-state index >= 15 is 0 Å². The SMILES string of the molecule is CC[C@@H](/C=C/C(=O)N1CCc2ccccc21)C1(C(N)=O)CNCCCO1. The van der Waals surface area contributed by atoms with E-state index in [4.69, 9.17) is 10.5 Å². The van der Waals surface area contributed by atoms with Crippen molar-refractivity contribution in [1.29, 1.82) is 0 Å². The summed E-state index contributed by atoms with van der Waals surface area (Å²) in [6.45, 7) is 4.29. The van der Waals surface area contributed by atoms with Crippen LogP contribution in [0.15, 0.2) is 36.4 Å². The van der Waals surface area contributed by atoms with E-state index in [0.717, 1.165) is 25.1 Å². The number of carbonyl (C=O) groups excluding carboxylic acids is 2. The van der Waals surface area contributed by atoms with Crippen molar-refractivity contribution < 1.29 is 14.3 Å². The highest BCUT2D eigenvalue weighted by atomic mass is 16.5. The lowest BCUT2D eigenvalue weighted by Gasteiger charge is -2.35. The summed E-state index contributed by atoms with van der Waals surface area (Å²) in [6, 6.07) is 7.95. The number of anilines is 1. The minimum atomic E-state index is -1.11. The van der Waals surface area contributed by atoms with Crippen LogP contribution in [0.2, 0.25) is 0 Å². The van der Waals surface area contributed by atoms with Gasteiger partial charge in [-0.05, 0) is 43.5 Å². The van der Waals surface area contributed by atoms with Crippen LogP contribution in [0.25, 0.3) is 0 Å². The fourth-order valence-electron chi connectivity index (χ4n) is 3.83. The van der Waals surface area contributed by atoms with Gasteiger partial charge < -0.3 is 20.7 Å². The van der Waals surface area contributed by atoms with Crippen molar-refractivity contribution in [3.63, 3.8) is 0 Å². The Balaban J connectivity index is 1.78. The Morgan fingerprint density at radius 1 is 1.42 bits per heavy atom. The van der Waals surface area contributed by atoms with Gasteiger partial charge in [0.1, 0.15) is 0 Å². The highest BCUT2D eigenvalue weighted by Crippen LogP contribution is 2.30. The summed E-state index contributed by atoms with van der Waals surface area (Å²) in [5, 5.41) is 3.23. The standard InChI is InChI=1S/C20H27N3O3/c1-2-16(20(19(21)25)14-22-11-5-13-26-20)8-9-18(24)23-12-10-15-6-3-4-7-17(15)23/h3-4,6-9,16,22H,2,5,10-14H2,1H3,(H2,21,25)/b9-8+/t16-,20?/m0/s1. The molecule has 6 nitrogen and oxygen atoms in total. The van der Waals surface area contributed by atoms with Crippen molar-refractivity contribution in [2.24, 2.45) is 11.7 Å². The molecule has 2 heterocycles. The Morgan fingerprint density at radius 3 is 3.00 bits per heavy atom. The molecule has 2 atom stereocenters. The molecule has 3 rings (SSSR count). The number of hydrogen-bond acceptors (Lipinski definition) is 4. The van der Waals surface area contributed by atoms with Crippen LogP contribution in [0, 0.1) is 5.92 Å². The molecule has 1 aromatic rings. The molecule has 1 fully saturated rings. The Morgan fingerprint density at radius 2 is 2.23 bits per heavy atom. The molecule has 0 aromatic heterocycles. The highest BCUT2D eigenvalue weighted by Gasteiger charge is 2.44. The number of primary amides is 1. The van der Waals surface area contributed by atoms with Crippen molar-refractivity contribution in [3.05, 3.63) is 42.0 Å². The van der Waals surface area contributed by atoms with Gasteiger partial charge in [-0.3, -0.25) is 9.59 Å². The number of fused-ring (bicyclic) bond motifs is 1. The zero-order valence-electron chi connectivity index (χ0n) is 15.2. The first-order valence-corrected chi connectivity index (χ1v) is 9.30. The third kappa shape index (κ3) is 3.52. The molecule has 26 heavy (non-hydrogen) atoms. The van der Waals surface area contributed by atoms with E-state index in [1.165, 1.54) is 5.56 Å². The molecule has 2 amide bonds. The molecular weight excluding hydrogens is 330 g/mol. The fraction of sp³-hybridized carbons (Fsp3) is 0.500. The third-order valence-electron chi connectivity index (χ3n) is 5.33. The largest absolute Gasteiger partial charge is 0.367 e. The number of hydrogen-bond donors (Lipinski definition) is 2. The van der Waals surface area contributed by atoms with Crippen molar-refractivity contribution >= 4 is 17.5 Å². The summed E-state index contributed by atoms with van der Waals surface area (Å²) >= 11 is 0. The summed E-state index contributed by atoms with van der Waals surface area (Å²) in [5.74, 6) is -0.815. The first-order valence-electron chi connectivity index (χ1n) is 9.30. The average Bonchev–Trinajstić information content (AvgIpc) is 2.92. The maximum Gasteiger partial charge on any atom is 0.251 e. The van der Waals surface area contributed by atoms with Gasteiger partial charge in [-0.15, -0.1) is 0 Å². The maximum atomic E-state index is 12.7. The van der Waals surface area contributed by atoms with Gasteiger partial charge in [-0.25, -0.2) is 0 Å². The summed E-state index contributed by atoms with van der Waals surface area (Å²) < 4.78 is 5.91. The molecule has 1 unspecified atom stereocenters. The highest BCUT2D eigenvalue weighted by molar-refractivity contribution is 6.03. The van der Waals surface area contributed by atoms with Crippen LogP contribution >= 0.6 is 0 Å². The normalized spacial score (nSPS) is 24.3. The molecular formula is C20H27N3O3. The van der Waals surface area contributed by atoms with E-state index in [-0.39, 0.29) is 11.8 Å². The summed E-state index contributed by atoms with van der Waals surface area (Å²) in [4.78, 5) is 26.7. The molecule has 3 N–H and O–H groups in total. The smallest absolute Gasteiger partial charge is 0.251 e. The first kappa shape index (κ1) is 18.6. The molecule has 1 saturated heterocycles. The van der Waals surface area contributed by atoms with Crippen LogP contribution in [-0.2, 0) is 20.7 Å². The van der Waals surface area contributed by atoms with Crippen molar-refractivity contribution in [1.82, 2.24) is 5.32 Å². The van der Waals surface area contributed by atoms with Gasteiger partial charge in [0.2, 0.25) is 0 Å². The van der Waals surface area contributed by atoms with Gasteiger partial charge in [0.25, 0.3) is 11.8 Å². The van der Waals surface area contributed by atoms with E-state index in [2.05, 4.69) is 5.32 Å². The number of para-hydroxylation sites is 1. The lowest BCUT2D eigenvalue weighted by molar-refractivity contribution is -0.147. The minimum absolute atomic E-state index is 0.0744. The van der Waals surface area contributed by atoms with Crippen LogP contribution in [0.1, 0.15) is 25.3 Å². The molecule has 0 aliphatic carbocycles. The molecule has 0 radical (unpaired) electrons. The molecule has 140 valence electrons. The second-order valence-corrected chi connectivity index (χ2v) is 6.87. The number of nitrogens with one attached hydrogen (secondary N) is 1. The summed E-state index contributed by atoms with van der Waals surface area (Å²) in [5.41, 5.74) is 6.75. The quantitative estimate of drug-likeness (QED) is 0.780. The molecule has 6 heteroatoms.